The van der Waals surface area contributed by atoms with E-state index in [2.05, 4.69) is 15.4 Å². The van der Waals surface area contributed by atoms with Gasteiger partial charge in [-0.15, -0.1) is 0 Å². The van der Waals surface area contributed by atoms with Crippen LogP contribution in [0, 0.1) is 19.7 Å². The number of hydrogen-bond acceptors (Lipinski definition) is 4. The van der Waals surface area contributed by atoms with Gasteiger partial charge in [0.15, 0.2) is 0 Å². The first-order chi connectivity index (χ1) is 10.9. The molecule has 23 heavy (non-hydrogen) atoms. The Hall–Kier alpha value is -2.28. The number of aryl methyl sites for hydroxylation is 2. The van der Waals surface area contributed by atoms with E-state index in [1.165, 1.54) is 12.1 Å². The van der Waals surface area contributed by atoms with Crippen LogP contribution in [0.5, 0.6) is 0 Å². The minimum absolute atomic E-state index is 0.129. The van der Waals surface area contributed by atoms with Crippen molar-refractivity contribution in [1.82, 2.24) is 25.0 Å². The van der Waals surface area contributed by atoms with E-state index in [1.807, 2.05) is 27.9 Å². The van der Waals surface area contributed by atoms with E-state index < -0.39 is 6.04 Å². The van der Waals surface area contributed by atoms with Gasteiger partial charge >= 0.3 is 0 Å². The molecule has 124 valence electrons. The van der Waals surface area contributed by atoms with Crippen LogP contribution in [0.3, 0.4) is 0 Å². The summed E-state index contributed by atoms with van der Waals surface area (Å²) in [5.74, 6) is 1.09. The first-order valence-electron chi connectivity index (χ1n) is 7.46. The maximum absolute atomic E-state index is 13.1. The van der Waals surface area contributed by atoms with Crippen molar-refractivity contribution in [3.05, 3.63) is 47.3 Å². The second-order valence-corrected chi connectivity index (χ2v) is 5.64. The maximum Gasteiger partial charge on any atom is 0.242 e. The largest absolute Gasteiger partial charge is 0.353 e. The lowest BCUT2D eigenvalue weighted by Gasteiger charge is -2.23. The van der Waals surface area contributed by atoms with Crippen molar-refractivity contribution in [3.63, 3.8) is 0 Å². The van der Waals surface area contributed by atoms with Crippen LogP contribution in [-0.2, 0) is 11.3 Å². The summed E-state index contributed by atoms with van der Waals surface area (Å²) in [5.41, 5.74) is 0.752. The van der Waals surface area contributed by atoms with Crippen molar-refractivity contribution in [1.29, 1.82) is 0 Å². The van der Waals surface area contributed by atoms with E-state index in [-0.39, 0.29) is 11.7 Å². The summed E-state index contributed by atoms with van der Waals surface area (Å²) in [6, 6.07) is 5.52. The Labute approximate surface area is 135 Å². The number of benzene rings is 1. The van der Waals surface area contributed by atoms with Crippen LogP contribution in [0.2, 0.25) is 0 Å². The number of carbonyl (C=O) groups is 1. The lowest BCUT2D eigenvalue weighted by molar-refractivity contribution is -0.125. The highest BCUT2D eigenvalue weighted by atomic mass is 19.1. The van der Waals surface area contributed by atoms with Gasteiger partial charge in [0.05, 0.1) is 6.54 Å². The van der Waals surface area contributed by atoms with Crippen molar-refractivity contribution < 1.29 is 9.18 Å². The Morgan fingerprint density at radius 1 is 1.30 bits per heavy atom. The van der Waals surface area contributed by atoms with Crippen LogP contribution in [-0.4, -0.2) is 46.2 Å². The predicted octanol–water partition coefficient (Wildman–Crippen LogP) is 1.45. The van der Waals surface area contributed by atoms with Gasteiger partial charge in [0.2, 0.25) is 5.91 Å². The van der Waals surface area contributed by atoms with Crippen LogP contribution in [0.25, 0.3) is 0 Å². The first-order valence-corrected chi connectivity index (χ1v) is 7.46. The molecular weight excluding hydrogens is 297 g/mol. The van der Waals surface area contributed by atoms with Crippen LogP contribution in [0.4, 0.5) is 4.39 Å². The second-order valence-electron chi connectivity index (χ2n) is 5.64. The number of aromatic nitrogens is 3. The Balaban J connectivity index is 1.98. The van der Waals surface area contributed by atoms with E-state index in [0.717, 1.165) is 11.4 Å². The third-order valence-electron chi connectivity index (χ3n) is 3.54. The predicted molar refractivity (Wildman–Crippen MR) is 85.3 cm³/mol. The van der Waals surface area contributed by atoms with E-state index in [9.17, 15) is 9.18 Å². The summed E-state index contributed by atoms with van der Waals surface area (Å²) in [6.07, 6.45) is 0. The number of amides is 1. The molecule has 1 aromatic heterocycles. The molecule has 0 aliphatic carbocycles. The SMILES string of the molecule is Cc1nc(C)n(CCNC(=O)C(c2ccc(F)cc2)N(C)C)n1. The fourth-order valence-corrected chi connectivity index (χ4v) is 2.48. The zero-order valence-corrected chi connectivity index (χ0v) is 13.9. The highest BCUT2D eigenvalue weighted by Crippen LogP contribution is 2.18. The highest BCUT2D eigenvalue weighted by molar-refractivity contribution is 5.83. The summed E-state index contributed by atoms with van der Waals surface area (Å²) in [4.78, 5) is 18.5. The van der Waals surface area contributed by atoms with Gasteiger partial charge in [-0.05, 0) is 45.6 Å². The molecule has 0 radical (unpaired) electrons. The fourth-order valence-electron chi connectivity index (χ4n) is 2.48. The van der Waals surface area contributed by atoms with Crippen LogP contribution >= 0.6 is 0 Å². The molecule has 1 atom stereocenters. The molecule has 0 fully saturated rings. The Morgan fingerprint density at radius 2 is 1.96 bits per heavy atom. The number of nitrogens with zero attached hydrogens (tertiary/aromatic N) is 4. The first kappa shape index (κ1) is 17.1. The van der Waals surface area contributed by atoms with Crippen molar-refractivity contribution in [3.8, 4) is 0 Å². The third-order valence-corrected chi connectivity index (χ3v) is 3.54. The number of nitrogens with one attached hydrogen (secondary N) is 1. The van der Waals surface area contributed by atoms with Gasteiger partial charge in [-0.1, -0.05) is 12.1 Å². The smallest absolute Gasteiger partial charge is 0.242 e. The molecule has 1 amide bonds. The lowest BCUT2D eigenvalue weighted by atomic mass is 10.1. The summed E-state index contributed by atoms with van der Waals surface area (Å²) >= 11 is 0. The van der Waals surface area contributed by atoms with Crippen LogP contribution in [0.1, 0.15) is 23.3 Å². The van der Waals surface area contributed by atoms with E-state index >= 15 is 0 Å². The maximum atomic E-state index is 13.1. The Morgan fingerprint density at radius 3 is 2.48 bits per heavy atom. The molecule has 6 nitrogen and oxygen atoms in total. The van der Waals surface area contributed by atoms with Crippen molar-refractivity contribution in [2.24, 2.45) is 0 Å². The standard InChI is InChI=1S/C16H22FN5O/c1-11-19-12(2)22(20-11)10-9-18-16(23)15(21(3)4)13-5-7-14(17)8-6-13/h5-8,15H,9-10H2,1-4H3,(H,18,23). The molecule has 0 saturated heterocycles. The summed E-state index contributed by atoms with van der Waals surface area (Å²) < 4.78 is 14.8. The molecule has 1 heterocycles. The fraction of sp³-hybridized carbons (Fsp3) is 0.438. The molecule has 2 rings (SSSR count). The van der Waals surface area contributed by atoms with E-state index in [1.54, 1.807) is 21.7 Å². The van der Waals surface area contributed by atoms with Gasteiger partial charge in [0.1, 0.15) is 23.5 Å². The molecular formula is C16H22FN5O. The normalized spacial score (nSPS) is 12.4. The summed E-state index contributed by atoms with van der Waals surface area (Å²) in [6.45, 7) is 4.72. The molecule has 1 N–H and O–H groups in total. The molecule has 1 aromatic carbocycles. The van der Waals surface area contributed by atoms with E-state index in [0.29, 0.717) is 18.9 Å². The quantitative estimate of drug-likeness (QED) is 0.875. The minimum Gasteiger partial charge on any atom is -0.353 e. The topological polar surface area (TPSA) is 63.1 Å². The average molecular weight is 319 g/mol. The Bertz CT molecular complexity index is 666. The molecule has 7 heteroatoms. The van der Waals surface area contributed by atoms with Gasteiger partial charge in [-0.2, -0.15) is 5.10 Å². The molecule has 0 aliphatic rings. The van der Waals surface area contributed by atoms with Gasteiger partial charge in [0.25, 0.3) is 0 Å². The van der Waals surface area contributed by atoms with Crippen molar-refractivity contribution in [2.45, 2.75) is 26.4 Å². The average Bonchev–Trinajstić information content (AvgIpc) is 2.79. The number of likely N-dealkylation sites (N-methyl/N-ethyl adjacent to an activating group) is 1. The number of halogens is 1. The number of hydrogen-bond donors (Lipinski definition) is 1. The third kappa shape index (κ3) is 4.35. The lowest BCUT2D eigenvalue weighted by Crippen LogP contribution is -2.38. The zero-order chi connectivity index (χ0) is 17.0. The highest BCUT2D eigenvalue weighted by Gasteiger charge is 2.22. The Kier molecular flexibility index (Phi) is 5.44. The summed E-state index contributed by atoms with van der Waals surface area (Å²) in [5, 5.41) is 7.16. The zero-order valence-electron chi connectivity index (χ0n) is 13.9. The van der Waals surface area contributed by atoms with Gasteiger partial charge in [0, 0.05) is 6.54 Å². The molecule has 0 aliphatic heterocycles. The van der Waals surface area contributed by atoms with E-state index in [4.69, 9.17) is 0 Å². The second kappa shape index (κ2) is 7.32. The van der Waals surface area contributed by atoms with Gasteiger partial charge in [-0.3, -0.25) is 9.69 Å². The van der Waals surface area contributed by atoms with Crippen molar-refractivity contribution >= 4 is 5.91 Å². The minimum atomic E-state index is -0.464. The molecule has 0 bridgehead atoms. The molecule has 0 saturated carbocycles. The van der Waals surface area contributed by atoms with Crippen LogP contribution in [0.15, 0.2) is 24.3 Å². The molecule has 1 unspecified atom stereocenters. The summed E-state index contributed by atoms with van der Waals surface area (Å²) in [7, 11) is 3.64. The van der Waals surface area contributed by atoms with Gasteiger partial charge in [-0.25, -0.2) is 14.1 Å². The molecule has 0 spiro atoms. The molecule has 2 aromatic rings. The van der Waals surface area contributed by atoms with Crippen LogP contribution < -0.4 is 5.32 Å². The van der Waals surface area contributed by atoms with Crippen molar-refractivity contribution in [2.75, 3.05) is 20.6 Å². The monoisotopic (exact) mass is 319 g/mol. The number of carbonyl (C=O) groups excluding carboxylic acids is 1. The number of rotatable bonds is 6. The van der Waals surface area contributed by atoms with Gasteiger partial charge < -0.3 is 5.32 Å².